The number of hydrogen-bond acceptors (Lipinski definition) is 2. The highest BCUT2D eigenvalue weighted by Gasteiger charge is 2.03. The van der Waals surface area contributed by atoms with E-state index in [1.165, 1.54) is 0 Å². The first-order valence-electron chi connectivity index (χ1n) is 3.58. The molecule has 3 nitrogen and oxygen atoms in total. The van der Waals surface area contributed by atoms with Crippen LogP contribution in [0.25, 0.3) is 5.52 Å². The molecule has 0 unspecified atom stereocenters. The lowest BCUT2D eigenvalue weighted by atomic mass is 10.3. The third-order valence-electron chi connectivity index (χ3n) is 1.81. The normalized spacial score (nSPS) is 10.8. The van der Waals surface area contributed by atoms with Gasteiger partial charge in [0.2, 0.25) is 5.95 Å². The highest BCUT2D eigenvalue weighted by atomic mass is 35.5. The van der Waals surface area contributed by atoms with Crippen LogP contribution in [0.1, 0.15) is 5.69 Å². The van der Waals surface area contributed by atoms with Gasteiger partial charge in [0.15, 0.2) is 0 Å². The van der Waals surface area contributed by atoms with Gasteiger partial charge in [-0.25, -0.2) is 4.98 Å². The Morgan fingerprint density at radius 2 is 2.25 bits per heavy atom. The van der Waals surface area contributed by atoms with Crippen LogP contribution in [0.4, 0.5) is 5.95 Å². The second kappa shape index (κ2) is 2.38. The van der Waals surface area contributed by atoms with Crippen molar-refractivity contribution in [1.82, 2.24) is 9.38 Å². The van der Waals surface area contributed by atoms with Gasteiger partial charge in [-0.05, 0) is 19.1 Å². The standard InChI is InChI=1S/C8H8ClN3/c1-5-7-3-2-6(9)4-12(7)8(10)11-5/h2-4H,1H3,(H2,10,11). The molecular formula is C8H8ClN3. The van der Waals surface area contributed by atoms with Crippen molar-refractivity contribution in [3.05, 3.63) is 29.0 Å². The zero-order valence-corrected chi connectivity index (χ0v) is 7.34. The highest BCUT2D eigenvalue weighted by Crippen LogP contribution is 2.17. The summed E-state index contributed by atoms with van der Waals surface area (Å²) in [6, 6.07) is 3.73. The number of fused-ring (bicyclic) bond motifs is 1. The summed E-state index contributed by atoms with van der Waals surface area (Å²) in [5.74, 6) is 0.477. The summed E-state index contributed by atoms with van der Waals surface area (Å²) in [5.41, 5.74) is 7.56. The van der Waals surface area contributed by atoms with E-state index in [1.807, 2.05) is 19.1 Å². The number of nitrogens with zero attached hydrogens (tertiary/aromatic N) is 2. The van der Waals surface area contributed by atoms with Gasteiger partial charge in [-0.1, -0.05) is 11.6 Å². The predicted molar refractivity (Wildman–Crippen MR) is 49.4 cm³/mol. The summed E-state index contributed by atoms with van der Waals surface area (Å²) in [4.78, 5) is 4.11. The van der Waals surface area contributed by atoms with Crippen LogP contribution in [0, 0.1) is 6.92 Å². The van der Waals surface area contributed by atoms with Crippen LogP contribution in [0.2, 0.25) is 5.02 Å². The van der Waals surface area contributed by atoms with E-state index in [4.69, 9.17) is 17.3 Å². The van der Waals surface area contributed by atoms with E-state index >= 15 is 0 Å². The van der Waals surface area contributed by atoms with Crippen molar-refractivity contribution < 1.29 is 0 Å². The number of anilines is 1. The first-order valence-corrected chi connectivity index (χ1v) is 3.96. The van der Waals surface area contributed by atoms with E-state index in [2.05, 4.69) is 4.98 Å². The molecular weight excluding hydrogens is 174 g/mol. The Bertz CT molecular complexity index is 433. The quantitative estimate of drug-likeness (QED) is 0.675. The van der Waals surface area contributed by atoms with Gasteiger partial charge in [0.05, 0.1) is 16.2 Å². The van der Waals surface area contributed by atoms with Crippen LogP contribution in [0.5, 0.6) is 0 Å². The van der Waals surface area contributed by atoms with E-state index in [0.29, 0.717) is 11.0 Å². The Balaban J connectivity index is 2.90. The summed E-state index contributed by atoms with van der Waals surface area (Å²) in [6.45, 7) is 1.92. The fraction of sp³-hybridized carbons (Fsp3) is 0.125. The maximum Gasteiger partial charge on any atom is 0.205 e. The highest BCUT2D eigenvalue weighted by molar-refractivity contribution is 6.30. The largest absolute Gasteiger partial charge is 0.369 e. The molecule has 0 amide bonds. The first kappa shape index (κ1) is 7.43. The smallest absolute Gasteiger partial charge is 0.205 e. The number of aromatic nitrogens is 2. The van der Waals surface area contributed by atoms with Crippen molar-refractivity contribution >= 4 is 23.1 Å². The zero-order valence-electron chi connectivity index (χ0n) is 6.58. The molecule has 0 spiro atoms. The Labute approximate surface area is 74.8 Å². The number of pyridine rings is 1. The number of aryl methyl sites for hydroxylation is 1. The molecule has 2 aromatic heterocycles. The number of rotatable bonds is 0. The average Bonchev–Trinajstić information content (AvgIpc) is 2.28. The van der Waals surface area contributed by atoms with Gasteiger partial charge in [0.25, 0.3) is 0 Å². The van der Waals surface area contributed by atoms with Crippen molar-refractivity contribution in [2.75, 3.05) is 5.73 Å². The van der Waals surface area contributed by atoms with Gasteiger partial charge in [-0.15, -0.1) is 0 Å². The maximum atomic E-state index is 5.80. The van der Waals surface area contributed by atoms with Gasteiger partial charge in [0, 0.05) is 6.20 Å². The summed E-state index contributed by atoms with van der Waals surface area (Å²) < 4.78 is 1.78. The fourth-order valence-corrected chi connectivity index (χ4v) is 1.40. The number of hydrogen-bond donors (Lipinski definition) is 1. The molecule has 62 valence electrons. The topological polar surface area (TPSA) is 43.3 Å². The van der Waals surface area contributed by atoms with Gasteiger partial charge in [0.1, 0.15) is 0 Å². The Kier molecular flexibility index (Phi) is 1.48. The van der Waals surface area contributed by atoms with Gasteiger partial charge in [-0.2, -0.15) is 0 Å². The molecule has 0 aliphatic rings. The Morgan fingerprint density at radius 3 is 3.00 bits per heavy atom. The van der Waals surface area contributed by atoms with Crippen LogP contribution < -0.4 is 5.73 Å². The van der Waals surface area contributed by atoms with Crippen LogP contribution in [-0.4, -0.2) is 9.38 Å². The molecule has 0 aliphatic heterocycles. The molecule has 0 saturated heterocycles. The SMILES string of the molecule is Cc1nc(N)n2cc(Cl)ccc12. The number of imidazole rings is 1. The first-order chi connectivity index (χ1) is 5.68. The van der Waals surface area contributed by atoms with Crippen LogP contribution in [0.15, 0.2) is 18.3 Å². The van der Waals surface area contributed by atoms with Crippen molar-refractivity contribution in [2.24, 2.45) is 0 Å². The molecule has 0 atom stereocenters. The third kappa shape index (κ3) is 0.940. The fourth-order valence-electron chi connectivity index (χ4n) is 1.24. The Morgan fingerprint density at radius 1 is 1.50 bits per heavy atom. The predicted octanol–water partition coefficient (Wildman–Crippen LogP) is 1.88. The van der Waals surface area contributed by atoms with Crippen molar-refractivity contribution in [3.8, 4) is 0 Å². The molecule has 4 heteroatoms. The van der Waals surface area contributed by atoms with E-state index in [-0.39, 0.29) is 0 Å². The molecule has 0 bridgehead atoms. The average molecular weight is 182 g/mol. The number of nitrogen functional groups attached to an aromatic ring is 1. The minimum atomic E-state index is 0.477. The van der Waals surface area contributed by atoms with Crippen molar-refractivity contribution in [1.29, 1.82) is 0 Å². The van der Waals surface area contributed by atoms with Crippen LogP contribution in [-0.2, 0) is 0 Å². The maximum absolute atomic E-state index is 5.80. The monoisotopic (exact) mass is 181 g/mol. The summed E-state index contributed by atoms with van der Waals surface area (Å²) >= 11 is 5.80. The molecule has 0 saturated carbocycles. The zero-order chi connectivity index (χ0) is 8.72. The van der Waals surface area contributed by atoms with Crippen molar-refractivity contribution in [3.63, 3.8) is 0 Å². The Hall–Kier alpha value is -1.22. The molecule has 2 aromatic rings. The van der Waals surface area contributed by atoms with Crippen molar-refractivity contribution in [2.45, 2.75) is 6.92 Å². The minimum absolute atomic E-state index is 0.477. The lowest BCUT2D eigenvalue weighted by Gasteiger charge is -1.95. The van der Waals surface area contributed by atoms with Gasteiger partial charge < -0.3 is 5.73 Å². The minimum Gasteiger partial charge on any atom is -0.369 e. The van der Waals surface area contributed by atoms with Crippen LogP contribution in [0.3, 0.4) is 0 Å². The molecule has 0 fully saturated rings. The lowest BCUT2D eigenvalue weighted by Crippen LogP contribution is -1.92. The number of halogens is 1. The molecule has 0 aliphatic carbocycles. The number of nitrogens with two attached hydrogens (primary N) is 1. The molecule has 2 N–H and O–H groups in total. The molecule has 2 heterocycles. The van der Waals surface area contributed by atoms with Gasteiger partial charge >= 0.3 is 0 Å². The van der Waals surface area contributed by atoms with E-state index in [1.54, 1.807) is 10.6 Å². The third-order valence-corrected chi connectivity index (χ3v) is 2.04. The summed E-state index contributed by atoms with van der Waals surface area (Å²) in [7, 11) is 0. The second-order valence-electron chi connectivity index (χ2n) is 2.66. The second-order valence-corrected chi connectivity index (χ2v) is 3.09. The van der Waals surface area contributed by atoms with Gasteiger partial charge in [-0.3, -0.25) is 4.40 Å². The summed E-state index contributed by atoms with van der Waals surface area (Å²) in [6.07, 6.45) is 1.76. The molecule has 12 heavy (non-hydrogen) atoms. The molecule has 0 aromatic carbocycles. The lowest BCUT2D eigenvalue weighted by molar-refractivity contribution is 1.17. The molecule has 2 rings (SSSR count). The van der Waals surface area contributed by atoms with E-state index in [9.17, 15) is 0 Å². The summed E-state index contributed by atoms with van der Waals surface area (Å²) in [5, 5.41) is 0.659. The molecule has 0 radical (unpaired) electrons. The van der Waals surface area contributed by atoms with E-state index < -0.39 is 0 Å². The van der Waals surface area contributed by atoms with E-state index in [0.717, 1.165) is 11.2 Å². The van der Waals surface area contributed by atoms with Crippen LogP contribution >= 0.6 is 11.6 Å².